The standard InChI is InChI=1S/C18H26N2O6/c1-11(16(22)23)19-15(21)14(12-7-9-13(25-6)10-8-12)20(5)17(24)26-18(2,3)4/h7-11,14H,1-6H3,(H,19,21)(H,22,23). The summed E-state index contributed by atoms with van der Waals surface area (Å²) >= 11 is 0. The number of amides is 2. The Morgan fingerprint density at radius 1 is 1.15 bits per heavy atom. The zero-order valence-electron chi connectivity index (χ0n) is 15.9. The lowest BCUT2D eigenvalue weighted by Gasteiger charge is -2.30. The first-order valence-corrected chi connectivity index (χ1v) is 8.09. The van der Waals surface area contributed by atoms with Gasteiger partial charge in [-0.2, -0.15) is 0 Å². The third-order valence-corrected chi connectivity index (χ3v) is 3.48. The predicted octanol–water partition coefficient (Wildman–Crippen LogP) is 2.19. The van der Waals surface area contributed by atoms with Gasteiger partial charge in [0.2, 0.25) is 5.91 Å². The number of carboxylic acid groups (broad SMARTS) is 1. The number of ether oxygens (including phenoxy) is 2. The van der Waals surface area contributed by atoms with Gasteiger partial charge >= 0.3 is 12.1 Å². The second-order valence-electron chi connectivity index (χ2n) is 6.84. The number of carboxylic acids is 1. The van der Waals surface area contributed by atoms with Gasteiger partial charge in [-0.3, -0.25) is 14.5 Å². The van der Waals surface area contributed by atoms with Gasteiger partial charge in [0, 0.05) is 7.05 Å². The molecule has 0 aliphatic rings. The molecular weight excluding hydrogens is 340 g/mol. The second-order valence-corrected chi connectivity index (χ2v) is 6.84. The lowest BCUT2D eigenvalue weighted by molar-refractivity contribution is -0.142. The van der Waals surface area contributed by atoms with Crippen molar-refractivity contribution in [2.24, 2.45) is 0 Å². The molecule has 2 atom stereocenters. The van der Waals surface area contributed by atoms with Crippen LogP contribution in [0.3, 0.4) is 0 Å². The summed E-state index contributed by atoms with van der Waals surface area (Å²) in [7, 11) is 2.94. The van der Waals surface area contributed by atoms with Gasteiger partial charge in [-0.25, -0.2) is 4.79 Å². The topological polar surface area (TPSA) is 105 Å². The predicted molar refractivity (Wildman–Crippen MR) is 95.0 cm³/mol. The van der Waals surface area contributed by atoms with Crippen molar-refractivity contribution < 1.29 is 29.0 Å². The third kappa shape index (κ3) is 5.94. The minimum Gasteiger partial charge on any atom is -0.497 e. The number of likely N-dealkylation sites (N-methyl/N-ethyl adjacent to an activating group) is 1. The van der Waals surface area contributed by atoms with Gasteiger partial charge in [-0.15, -0.1) is 0 Å². The highest BCUT2D eigenvalue weighted by atomic mass is 16.6. The van der Waals surface area contributed by atoms with E-state index in [0.717, 1.165) is 4.90 Å². The number of methoxy groups -OCH3 is 1. The van der Waals surface area contributed by atoms with Crippen molar-refractivity contribution in [2.75, 3.05) is 14.2 Å². The number of carbonyl (C=O) groups excluding carboxylic acids is 2. The Hall–Kier alpha value is -2.77. The average Bonchev–Trinajstić information content (AvgIpc) is 2.53. The SMILES string of the molecule is COc1ccc(C(C(=O)NC(C)C(=O)O)N(C)C(=O)OC(C)(C)C)cc1. The number of rotatable bonds is 6. The first-order chi connectivity index (χ1) is 12.0. The number of benzene rings is 1. The van der Waals surface area contributed by atoms with Crippen LogP contribution in [0.1, 0.15) is 39.3 Å². The Labute approximate surface area is 153 Å². The quantitative estimate of drug-likeness (QED) is 0.800. The van der Waals surface area contributed by atoms with Crippen LogP contribution >= 0.6 is 0 Å². The molecule has 26 heavy (non-hydrogen) atoms. The van der Waals surface area contributed by atoms with E-state index in [-0.39, 0.29) is 0 Å². The molecule has 0 aromatic heterocycles. The van der Waals surface area contributed by atoms with E-state index in [4.69, 9.17) is 14.6 Å². The molecule has 1 aromatic carbocycles. The molecule has 0 fully saturated rings. The number of aliphatic carboxylic acids is 1. The van der Waals surface area contributed by atoms with Crippen LogP contribution in [-0.4, -0.2) is 53.8 Å². The monoisotopic (exact) mass is 366 g/mol. The lowest BCUT2D eigenvalue weighted by atomic mass is 10.0. The first kappa shape index (κ1) is 21.3. The number of hydrogen-bond donors (Lipinski definition) is 2. The number of carbonyl (C=O) groups is 3. The molecule has 144 valence electrons. The molecule has 0 saturated carbocycles. The van der Waals surface area contributed by atoms with E-state index >= 15 is 0 Å². The molecule has 0 aliphatic carbocycles. The van der Waals surface area contributed by atoms with Gasteiger partial charge in [-0.05, 0) is 45.4 Å². The van der Waals surface area contributed by atoms with Crippen LogP contribution in [0, 0.1) is 0 Å². The number of hydrogen-bond acceptors (Lipinski definition) is 5. The highest BCUT2D eigenvalue weighted by Crippen LogP contribution is 2.24. The first-order valence-electron chi connectivity index (χ1n) is 8.09. The maximum atomic E-state index is 12.7. The summed E-state index contributed by atoms with van der Waals surface area (Å²) in [6, 6.07) is 4.41. The largest absolute Gasteiger partial charge is 0.497 e. The number of nitrogens with one attached hydrogen (secondary N) is 1. The van der Waals surface area contributed by atoms with Crippen molar-refractivity contribution in [1.82, 2.24) is 10.2 Å². The van der Waals surface area contributed by atoms with Crippen LogP contribution in [-0.2, 0) is 14.3 Å². The maximum Gasteiger partial charge on any atom is 0.410 e. The molecule has 2 N–H and O–H groups in total. The molecule has 0 heterocycles. The summed E-state index contributed by atoms with van der Waals surface area (Å²) in [5.41, 5.74) is -0.241. The van der Waals surface area contributed by atoms with Crippen LogP contribution in [0.4, 0.5) is 4.79 Å². The van der Waals surface area contributed by atoms with Gasteiger partial charge in [-0.1, -0.05) is 12.1 Å². The van der Waals surface area contributed by atoms with E-state index in [1.54, 1.807) is 45.0 Å². The summed E-state index contributed by atoms with van der Waals surface area (Å²) in [5, 5.41) is 11.4. The molecule has 0 spiro atoms. The van der Waals surface area contributed by atoms with Crippen molar-refractivity contribution in [3.05, 3.63) is 29.8 Å². The Morgan fingerprint density at radius 3 is 2.12 bits per heavy atom. The van der Waals surface area contributed by atoms with E-state index < -0.39 is 35.7 Å². The smallest absolute Gasteiger partial charge is 0.410 e. The van der Waals surface area contributed by atoms with Gasteiger partial charge in [0.15, 0.2) is 0 Å². The normalized spacial score (nSPS) is 13.3. The maximum absolute atomic E-state index is 12.7. The van der Waals surface area contributed by atoms with Crippen LogP contribution in [0.2, 0.25) is 0 Å². The van der Waals surface area contributed by atoms with Crippen molar-refractivity contribution in [1.29, 1.82) is 0 Å². The fourth-order valence-electron chi connectivity index (χ4n) is 2.13. The Morgan fingerprint density at radius 2 is 1.69 bits per heavy atom. The van der Waals surface area contributed by atoms with E-state index in [1.165, 1.54) is 21.1 Å². The van der Waals surface area contributed by atoms with E-state index in [2.05, 4.69) is 5.32 Å². The zero-order chi connectivity index (χ0) is 20.1. The fraction of sp³-hybridized carbons (Fsp3) is 0.500. The Balaban J connectivity index is 3.16. The molecule has 8 heteroatoms. The summed E-state index contributed by atoms with van der Waals surface area (Å²) in [4.78, 5) is 37.2. The van der Waals surface area contributed by atoms with Crippen molar-refractivity contribution in [3.8, 4) is 5.75 Å². The Kier molecular flexibility index (Phi) is 7.00. The van der Waals surface area contributed by atoms with E-state index in [9.17, 15) is 14.4 Å². The molecule has 8 nitrogen and oxygen atoms in total. The average molecular weight is 366 g/mol. The van der Waals surface area contributed by atoms with E-state index in [1.807, 2.05) is 0 Å². The minimum absolute atomic E-state index is 0.495. The molecule has 2 amide bonds. The Bertz CT molecular complexity index is 651. The van der Waals surface area contributed by atoms with Gasteiger partial charge in [0.1, 0.15) is 23.4 Å². The highest BCUT2D eigenvalue weighted by molar-refractivity contribution is 5.90. The number of nitrogens with zero attached hydrogens (tertiary/aromatic N) is 1. The van der Waals surface area contributed by atoms with Gasteiger partial charge in [0.25, 0.3) is 0 Å². The zero-order valence-corrected chi connectivity index (χ0v) is 15.9. The molecule has 0 radical (unpaired) electrons. The van der Waals surface area contributed by atoms with Crippen molar-refractivity contribution in [3.63, 3.8) is 0 Å². The highest BCUT2D eigenvalue weighted by Gasteiger charge is 2.33. The summed E-state index contributed by atoms with van der Waals surface area (Å²) in [6.07, 6.45) is -0.698. The van der Waals surface area contributed by atoms with Crippen molar-refractivity contribution >= 4 is 18.0 Å². The second kappa shape index (κ2) is 8.55. The minimum atomic E-state index is -1.17. The van der Waals surface area contributed by atoms with Crippen LogP contribution in [0.25, 0.3) is 0 Å². The summed E-state index contributed by atoms with van der Waals surface area (Å²) in [6.45, 7) is 6.49. The molecule has 0 saturated heterocycles. The van der Waals surface area contributed by atoms with Gasteiger partial charge in [0.05, 0.1) is 7.11 Å². The lowest BCUT2D eigenvalue weighted by Crippen LogP contribution is -2.47. The van der Waals surface area contributed by atoms with Crippen LogP contribution in [0.5, 0.6) is 5.75 Å². The molecule has 1 rings (SSSR count). The third-order valence-electron chi connectivity index (χ3n) is 3.48. The summed E-state index contributed by atoms with van der Waals surface area (Å²) < 4.78 is 10.4. The molecule has 0 aliphatic heterocycles. The molecule has 1 aromatic rings. The van der Waals surface area contributed by atoms with Gasteiger partial charge < -0.3 is 19.9 Å². The van der Waals surface area contributed by atoms with Crippen LogP contribution in [0.15, 0.2) is 24.3 Å². The van der Waals surface area contributed by atoms with Crippen LogP contribution < -0.4 is 10.1 Å². The van der Waals surface area contributed by atoms with Crippen molar-refractivity contribution in [2.45, 2.75) is 45.4 Å². The molecule has 2 unspecified atom stereocenters. The fourth-order valence-corrected chi connectivity index (χ4v) is 2.13. The molecular formula is C18H26N2O6. The summed E-state index contributed by atoms with van der Waals surface area (Å²) in [5.74, 6) is -1.21. The molecule has 0 bridgehead atoms. The van der Waals surface area contributed by atoms with E-state index in [0.29, 0.717) is 11.3 Å².